The molecule has 0 spiro atoms. The molecule has 1 aliphatic heterocycles. The number of benzene rings is 1. The second kappa shape index (κ2) is 7.01. The molecule has 1 fully saturated rings. The molecular formula is C16H25FN2. The van der Waals surface area contributed by atoms with Gasteiger partial charge in [0.2, 0.25) is 0 Å². The van der Waals surface area contributed by atoms with Crippen LogP contribution in [-0.2, 0) is 6.42 Å². The van der Waals surface area contributed by atoms with E-state index in [1.807, 2.05) is 13.1 Å². The minimum atomic E-state index is -0.127. The zero-order valence-electron chi connectivity index (χ0n) is 12.0. The number of hydrogen-bond donors (Lipinski definition) is 1. The highest BCUT2D eigenvalue weighted by molar-refractivity contribution is 5.17. The van der Waals surface area contributed by atoms with E-state index in [0.717, 1.165) is 24.4 Å². The first-order chi connectivity index (χ1) is 9.19. The first kappa shape index (κ1) is 14.5. The normalized spacial score (nSPS) is 19.5. The third-order valence-corrected chi connectivity index (χ3v) is 4.19. The van der Waals surface area contributed by atoms with E-state index in [2.05, 4.69) is 17.1 Å². The Hall–Kier alpha value is -0.930. The number of nitrogens with zero attached hydrogens (tertiary/aromatic N) is 1. The number of hydrogen-bond acceptors (Lipinski definition) is 2. The van der Waals surface area contributed by atoms with Crippen molar-refractivity contribution >= 4 is 0 Å². The molecular weight excluding hydrogens is 239 g/mol. The molecule has 1 aromatic carbocycles. The van der Waals surface area contributed by atoms with E-state index in [-0.39, 0.29) is 5.82 Å². The lowest BCUT2D eigenvalue weighted by Crippen LogP contribution is -2.42. The minimum Gasteiger partial charge on any atom is -0.319 e. The highest BCUT2D eigenvalue weighted by Gasteiger charge is 2.22. The van der Waals surface area contributed by atoms with Gasteiger partial charge in [0.25, 0.3) is 0 Å². The summed E-state index contributed by atoms with van der Waals surface area (Å²) >= 11 is 0. The summed E-state index contributed by atoms with van der Waals surface area (Å²) in [6.07, 6.45) is 3.48. The van der Waals surface area contributed by atoms with Crippen molar-refractivity contribution < 1.29 is 4.39 Å². The van der Waals surface area contributed by atoms with Gasteiger partial charge in [0.1, 0.15) is 5.82 Å². The number of likely N-dealkylation sites (tertiary alicyclic amines) is 1. The quantitative estimate of drug-likeness (QED) is 0.879. The predicted molar refractivity (Wildman–Crippen MR) is 77.8 cm³/mol. The van der Waals surface area contributed by atoms with Crippen LogP contribution in [0.5, 0.6) is 0 Å². The minimum absolute atomic E-state index is 0.127. The van der Waals surface area contributed by atoms with Crippen molar-refractivity contribution in [2.24, 2.45) is 5.92 Å². The van der Waals surface area contributed by atoms with Gasteiger partial charge in [-0.2, -0.15) is 0 Å². The molecule has 3 heteroatoms. The third kappa shape index (κ3) is 4.29. The molecule has 106 valence electrons. The molecule has 0 aromatic heterocycles. The van der Waals surface area contributed by atoms with Crippen molar-refractivity contribution in [3.05, 3.63) is 35.6 Å². The molecule has 0 saturated carbocycles. The Morgan fingerprint density at radius 3 is 2.74 bits per heavy atom. The van der Waals surface area contributed by atoms with Crippen molar-refractivity contribution in [3.63, 3.8) is 0 Å². The SMILES string of the molecule is CNCC1CCN(C(C)Cc2cccc(F)c2)CC1. The maximum atomic E-state index is 13.2. The van der Waals surface area contributed by atoms with Gasteiger partial charge in [0.05, 0.1) is 0 Å². The lowest BCUT2D eigenvalue weighted by atomic mass is 9.94. The van der Waals surface area contributed by atoms with Gasteiger partial charge in [-0.3, -0.25) is 0 Å². The number of halogens is 1. The zero-order valence-corrected chi connectivity index (χ0v) is 12.0. The zero-order chi connectivity index (χ0) is 13.7. The maximum Gasteiger partial charge on any atom is 0.123 e. The van der Waals surface area contributed by atoms with Crippen LogP contribution in [0.3, 0.4) is 0 Å². The number of rotatable bonds is 5. The summed E-state index contributed by atoms with van der Waals surface area (Å²) in [5.41, 5.74) is 1.10. The molecule has 0 aliphatic carbocycles. The van der Waals surface area contributed by atoms with Gasteiger partial charge in [-0.1, -0.05) is 12.1 Å². The molecule has 0 amide bonds. The molecule has 1 unspecified atom stereocenters. The van der Waals surface area contributed by atoms with Crippen LogP contribution in [0.2, 0.25) is 0 Å². The topological polar surface area (TPSA) is 15.3 Å². The Morgan fingerprint density at radius 2 is 2.11 bits per heavy atom. The van der Waals surface area contributed by atoms with Gasteiger partial charge >= 0.3 is 0 Å². The summed E-state index contributed by atoms with van der Waals surface area (Å²) in [6.45, 7) is 5.72. The van der Waals surface area contributed by atoms with Crippen molar-refractivity contribution in [2.45, 2.75) is 32.2 Å². The Labute approximate surface area is 116 Å². The summed E-state index contributed by atoms with van der Waals surface area (Å²) in [6, 6.07) is 7.49. The van der Waals surface area contributed by atoms with Crippen LogP contribution in [-0.4, -0.2) is 37.6 Å². The molecule has 2 rings (SSSR count). The van der Waals surface area contributed by atoms with Crippen LogP contribution in [0, 0.1) is 11.7 Å². The number of nitrogens with one attached hydrogen (secondary N) is 1. The Morgan fingerprint density at radius 1 is 1.37 bits per heavy atom. The van der Waals surface area contributed by atoms with E-state index in [0.29, 0.717) is 6.04 Å². The van der Waals surface area contributed by atoms with E-state index in [4.69, 9.17) is 0 Å². The Balaban J connectivity index is 1.82. The van der Waals surface area contributed by atoms with E-state index < -0.39 is 0 Å². The van der Waals surface area contributed by atoms with Gasteiger partial charge in [-0.25, -0.2) is 4.39 Å². The van der Waals surface area contributed by atoms with E-state index in [1.54, 1.807) is 12.1 Å². The second-order valence-corrected chi connectivity index (χ2v) is 5.72. The van der Waals surface area contributed by atoms with Crippen molar-refractivity contribution in [1.29, 1.82) is 0 Å². The first-order valence-corrected chi connectivity index (χ1v) is 7.32. The molecule has 1 N–H and O–H groups in total. The predicted octanol–water partition coefficient (Wildman–Crippen LogP) is 2.69. The molecule has 2 nitrogen and oxygen atoms in total. The summed E-state index contributed by atoms with van der Waals surface area (Å²) in [5.74, 6) is 0.694. The van der Waals surface area contributed by atoms with Gasteiger partial charge in [-0.15, -0.1) is 0 Å². The molecule has 0 bridgehead atoms. The highest BCUT2D eigenvalue weighted by atomic mass is 19.1. The van der Waals surface area contributed by atoms with Crippen molar-refractivity contribution in [3.8, 4) is 0 Å². The van der Waals surface area contributed by atoms with Crippen LogP contribution in [0.15, 0.2) is 24.3 Å². The summed E-state index contributed by atoms with van der Waals surface area (Å²) in [7, 11) is 2.03. The van der Waals surface area contributed by atoms with E-state index in [1.165, 1.54) is 32.0 Å². The lowest BCUT2D eigenvalue weighted by molar-refractivity contribution is 0.140. The largest absolute Gasteiger partial charge is 0.319 e. The van der Waals surface area contributed by atoms with Gasteiger partial charge in [-0.05, 0) is 76.5 Å². The molecule has 1 aliphatic rings. The van der Waals surface area contributed by atoms with E-state index >= 15 is 0 Å². The van der Waals surface area contributed by atoms with E-state index in [9.17, 15) is 4.39 Å². The molecule has 1 aromatic rings. The standard InChI is InChI=1S/C16H25FN2/c1-13(10-15-4-3-5-16(17)11-15)19-8-6-14(7-9-19)12-18-2/h3-5,11,13-14,18H,6-10,12H2,1-2H3. The summed E-state index contributed by atoms with van der Waals surface area (Å²) in [5, 5.41) is 3.27. The monoisotopic (exact) mass is 264 g/mol. The van der Waals surface area contributed by atoms with Crippen molar-refractivity contribution in [2.75, 3.05) is 26.7 Å². The fourth-order valence-corrected chi connectivity index (χ4v) is 3.02. The molecule has 1 heterocycles. The fourth-order valence-electron chi connectivity index (χ4n) is 3.02. The average Bonchev–Trinajstić information content (AvgIpc) is 2.40. The summed E-state index contributed by atoms with van der Waals surface area (Å²) < 4.78 is 13.2. The molecule has 1 saturated heterocycles. The van der Waals surface area contributed by atoms with Gasteiger partial charge in [0, 0.05) is 6.04 Å². The van der Waals surface area contributed by atoms with Crippen LogP contribution < -0.4 is 5.32 Å². The number of piperidine rings is 1. The second-order valence-electron chi connectivity index (χ2n) is 5.72. The van der Waals surface area contributed by atoms with Crippen LogP contribution in [0.25, 0.3) is 0 Å². The maximum absolute atomic E-state index is 13.2. The summed E-state index contributed by atoms with van der Waals surface area (Å²) in [4.78, 5) is 2.54. The Bertz CT molecular complexity index is 386. The van der Waals surface area contributed by atoms with Crippen LogP contribution >= 0.6 is 0 Å². The Kier molecular flexibility index (Phi) is 5.34. The fraction of sp³-hybridized carbons (Fsp3) is 0.625. The smallest absolute Gasteiger partial charge is 0.123 e. The highest BCUT2D eigenvalue weighted by Crippen LogP contribution is 2.20. The molecule has 0 radical (unpaired) electrons. The first-order valence-electron chi connectivity index (χ1n) is 7.32. The lowest BCUT2D eigenvalue weighted by Gasteiger charge is -2.36. The van der Waals surface area contributed by atoms with Crippen molar-refractivity contribution in [1.82, 2.24) is 10.2 Å². The third-order valence-electron chi connectivity index (χ3n) is 4.19. The molecule has 1 atom stereocenters. The average molecular weight is 264 g/mol. The van der Waals surface area contributed by atoms with Crippen LogP contribution in [0.1, 0.15) is 25.3 Å². The van der Waals surface area contributed by atoms with Crippen LogP contribution in [0.4, 0.5) is 4.39 Å². The van der Waals surface area contributed by atoms with Gasteiger partial charge < -0.3 is 10.2 Å². The van der Waals surface area contributed by atoms with Gasteiger partial charge in [0.15, 0.2) is 0 Å². The molecule has 19 heavy (non-hydrogen) atoms.